The number of carbonyl (C=O) groups is 1. The number of aryl methyl sites for hydroxylation is 2. The van der Waals surface area contributed by atoms with Crippen LogP contribution in [-0.2, 0) is 11.2 Å². The first kappa shape index (κ1) is 25.1. The van der Waals surface area contributed by atoms with Crippen LogP contribution in [0.15, 0.2) is 77.4 Å². The summed E-state index contributed by atoms with van der Waals surface area (Å²) in [6.07, 6.45) is 5.23. The van der Waals surface area contributed by atoms with Crippen molar-refractivity contribution in [2.75, 3.05) is 20.3 Å². The number of ether oxygens (including phenoxy) is 2. The maximum atomic E-state index is 12.7. The molecule has 4 rings (SSSR count). The average Bonchev–Trinajstić information content (AvgIpc) is 3.32. The topological polar surface area (TPSA) is 60.7 Å². The van der Waals surface area contributed by atoms with Crippen LogP contribution in [0, 0.1) is 6.92 Å². The van der Waals surface area contributed by atoms with E-state index in [0.29, 0.717) is 18.9 Å². The zero-order chi connectivity index (χ0) is 25.5. The van der Waals surface area contributed by atoms with Crippen molar-refractivity contribution < 1.29 is 18.7 Å². The summed E-state index contributed by atoms with van der Waals surface area (Å²) in [6, 6.07) is 20.3. The minimum atomic E-state index is -0.112. The lowest BCUT2D eigenvalue weighted by molar-refractivity contribution is -0.116. The summed E-state index contributed by atoms with van der Waals surface area (Å²) >= 11 is 0. The molecular formula is C31H33NO4. The Morgan fingerprint density at radius 1 is 1.08 bits per heavy atom. The van der Waals surface area contributed by atoms with Gasteiger partial charge in [-0.3, -0.25) is 4.79 Å². The Balaban J connectivity index is 1.56. The van der Waals surface area contributed by atoms with Crippen LogP contribution in [0.3, 0.4) is 0 Å². The number of allylic oxidation sites excluding steroid dienone is 1. The molecule has 4 aromatic rings. The van der Waals surface area contributed by atoms with Crippen LogP contribution in [0.2, 0.25) is 0 Å². The highest BCUT2D eigenvalue weighted by atomic mass is 16.5. The lowest BCUT2D eigenvalue weighted by Crippen LogP contribution is -2.22. The van der Waals surface area contributed by atoms with Gasteiger partial charge in [0.1, 0.15) is 17.1 Å². The number of amides is 1. The van der Waals surface area contributed by atoms with Crippen LogP contribution in [0.25, 0.3) is 27.7 Å². The van der Waals surface area contributed by atoms with Crippen LogP contribution in [0.4, 0.5) is 0 Å². The second-order valence-corrected chi connectivity index (χ2v) is 8.77. The first-order valence-electron chi connectivity index (χ1n) is 12.3. The third kappa shape index (κ3) is 5.62. The first-order valence-corrected chi connectivity index (χ1v) is 12.3. The number of nitrogens with one attached hydrogen (secondary N) is 1. The number of carbonyl (C=O) groups excluding carboxylic acids is 1. The molecule has 0 aliphatic heterocycles. The Hall–Kier alpha value is -3.99. The molecule has 1 amide bonds. The van der Waals surface area contributed by atoms with E-state index < -0.39 is 0 Å². The maximum absolute atomic E-state index is 12.7. The van der Waals surface area contributed by atoms with Crippen molar-refractivity contribution in [3.63, 3.8) is 0 Å². The molecule has 186 valence electrons. The number of fused-ring (bicyclic) bond motifs is 1. The Morgan fingerprint density at radius 3 is 2.53 bits per heavy atom. The van der Waals surface area contributed by atoms with E-state index in [1.165, 1.54) is 5.56 Å². The van der Waals surface area contributed by atoms with Gasteiger partial charge in [-0.1, -0.05) is 42.5 Å². The van der Waals surface area contributed by atoms with Gasteiger partial charge in [0.15, 0.2) is 0 Å². The summed E-state index contributed by atoms with van der Waals surface area (Å²) in [6.45, 7) is 7.13. The van der Waals surface area contributed by atoms with Crippen molar-refractivity contribution in [2.45, 2.75) is 33.6 Å². The monoisotopic (exact) mass is 483 g/mol. The van der Waals surface area contributed by atoms with Gasteiger partial charge in [-0.25, -0.2) is 0 Å². The smallest absolute Gasteiger partial charge is 0.244 e. The average molecular weight is 484 g/mol. The number of hydrogen-bond acceptors (Lipinski definition) is 4. The maximum Gasteiger partial charge on any atom is 0.244 e. The fourth-order valence-corrected chi connectivity index (χ4v) is 4.47. The number of furan rings is 1. The summed E-state index contributed by atoms with van der Waals surface area (Å²) < 4.78 is 17.3. The van der Waals surface area contributed by atoms with Crippen LogP contribution in [-0.4, -0.2) is 26.2 Å². The largest absolute Gasteiger partial charge is 0.496 e. The zero-order valence-corrected chi connectivity index (χ0v) is 21.4. The summed E-state index contributed by atoms with van der Waals surface area (Å²) in [5.41, 5.74) is 6.67. The van der Waals surface area contributed by atoms with Crippen LogP contribution in [0.5, 0.6) is 11.5 Å². The molecule has 0 saturated heterocycles. The van der Waals surface area contributed by atoms with Crippen molar-refractivity contribution in [2.24, 2.45) is 0 Å². The van der Waals surface area contributed by atoms with Gasteiger partial charge >= 0.3 is 0 Å². The molecule has 1 heterocycles. The Kier molecular flexibility index (Phi) is 8.11. The van der Waals surface area contributed by atoms with Crippen molar-refractivity contribution in [3.05, 3.63) is 89.7 Å². The van der Waals surface area contributed by atoms with Gasteiger partial charge in [0.2, 0.25) is 5.91 Å². The van der Waals surface area contributed by atoms with Gasteiger partial charge in [-0.05, 0) is 68.5 Å². The van der Waals surface area contributed by atoms with E-state index in [1.807, 2.05) is 69.3 Å². The van der Waals surface area contributed by atoms with Gasteiger partial charge < -0.3 is 19.2 Å². The third-order valence-electron chi connectivity index (χ3n) is 6.28. The van der Waals surface area contributed by atoms with Crippen LogP contribution >= 0.6 is 0 Å². The molecule has 5 heteroatoms. The quantitative estimate of drug-likeness (QED) is 0.195. The van der Waals surface area contributed by atoms with Gasteiger partial charge in [0.25, 0.3) is 0 Å². The molecule has 0 aliphatic carbocycles. The van der Waals surface area contributed by atoms with Gasteiger partial charge in [-0.15, -0.1) is 0 Å². The van der Waals surface area contributed by atoms with Crippen molar-refractivity contribution in [1.82, 2.24) is 5.32 Å². The minimum absolute atomic E-state index is 0.112. The normalized spacial score (nSPS) is 11.5. The van der Waals surface area contributed by atoms with E-state index >= 15 is 0 Å². The Labute approximate surface area is 212 Å². The predicted molar refractivity (Wildman–Crippen MR) is 146 cm³/mol. The highest BCUT2D eigenvalue weighted by Crippen LogP contribution is 2.40. The van der Waals surface area contributed by atoms with Crippen molar-refractivity contribution >= 4 is 22.4 Å². The SMILES string of the molecule is CCOc1ccc(-c2coc3c(C)c(OC)c(/C(C)=C/C(=O)NCCCc4ccccc4)cc23)cc1. The van der Waals surface area contributed by atoms with E-state index in [9.17, 15) is 4.79 Å². The molecule has 1 aromatic heterocycles. The molecular weight excluding hydrogens is 450 g/mol. The van der Waals surface area contributed by atoms with Gasteiger partial charge in [0, 0.05) is 34.7 Å². The molecule has 5 nitrogen and oxygen atoms in total. The van der Waals surface area contributed by atoms with E-state index in [0.717, 1.165) is 57.4 Å². The molecule has 0 fully saturated rings. The highest BCUT2D eigenvalue weighted by molar-refractivity contribution is 6.01. The fraction of sp³-hybridized carbons (Fsp3) is 0.258. The van der Waals surface area contributed by atoms with Crippen molar-refractivity contribution in [1.29, 1.82) is 0 Å². The first-order chi connectivity index (χ1) is 17.5. The number of hydrogen-bond donors (Lipinski definition) is 1. The molecule has 3 aromatic carbocycles. The molecule has 0 radical (unpaired) electrons. The molecule has 0 aliphatic rings. The number of benzene rings is 3. The molecule has 0 unspecified atom stereocenters. The minimum Gasteiger partial charge on any atom is -0.496 e. The molecule has 0 saturated carbocycles. The van der Waals surface area contributed by atoms with Crippen LogP contribution in [0.1, 0.15) is 37.0 Å². The van der Waals surface area contributed by atoms with E-state index in [-0.39, 0.29) is 5.91 Å². The summed E-state index contributed by atoms with van der Waals surface area (Å²) in [7, 11) is 1.64. The van der Waals surface area contributed by atoms with Gasteiger partial charge in [0.05, 0.1) is 20.0 Å². The molecule has 36 heavy (non-hydrogen) atoms. The second-order valence-electron chi connectivity index (χ2n) is 8.77. The van der Waals surface area contributed by atoms with E-state index in [1.54, 1.807) is 19.4 Å². The van der Waals surface area contributed by atoms with E-state index in [2.05, 4.69) is 17.4 Å². The highest BCUT2D eigenvalue weighted by Gasteiger charge is 2.19. The Bertz CT molecular complexity index is 1350. The van der Waals surface area contributed by atoms with Crippen molar-refractivity contribution in [3.8, 4) is 22.6 Å². The fourth-order valence-electron chi connectivity index (χ4n) is 4.47. The molecule has 0 atom stereocenters. The van der Waals surface area contributed by atoms with E-state index in [4.69, 9.17) is 13.9 Å². The Morgan fingerprint density at radius 2 is 1.83 bits per heavy atom. The lowest BCUT2D eigenvalue weighted by atomic mass is 9.96. The van der Waals surface area contributed by atoms with Crippen LogP contribution < -0.4 is 14.8 Å². The third-order valence-corrected chi connectivity index (χ3v) is 6.28. The summed E-state index contributed by atoms with van der Waals surface area (Å²) in [4.78, 5) is 12.7. The molecule has 0 bridgehead atoms. The predicted octanol–water partition coefficient (Wildman–Crippen LogP) is 6.97. The standard InChI is InChI=1S/C31H33NO4/c1-5-35-25-15-13-24(14-16-25)28-20-36-31-22(3)30(34-4)26(19-27(28)31)21(2)18-29(33)32-17-9-12-23-10-7-6-8-11-23/h6-8,10-11,13-16,18-20H,5,9,12,17H2,1-4H3,(H,32,33)/b21-18+. The molecule has 0 spiro atoms. The second kappa shape index (κ2) is 11.6. The number of methoxy groups -OCH3 is 1. The number of rotatable bonds is 10. The summed E-state index contributed by atoms with van der Waals surface area (Å²) in [5.74, 6) is 1.43. The molecule has 1 N–H and O–H groups in total. The summed E-state index contributed by atoms with van der Waals surface area (Å²) in [5, 5.41) is 3.98. The lowest BCUT2D eigenvalue weighted by Gasteiger charge is -2.13. The van der Waals surface area contributed by atoms with Gasteiger partial charge in [-0.2, -0.15) is 0 Å². The zero-order valence-electron chi connectivity index (χ0n) is 21.4.